The predicted molar refractivity (Wildman–Crippen MR) is 137 cm³/mol. The smallest absolute Gasteiger partial charge is 0.306 e. The molecule has 1 aliphatic heterocycles. The molecule has 2 amide bonds. The molecule has 38 heavy (non-hydrogen) atoms. The number of carbonyl (C=O) groups excluding carboxylic acids is 2. The van der Waals surface area contributed by atoms with Crippen LogP contribution in [0.1, 0.15) is 37.7 Å². The van der Waals surface area contributed by atoms with Gasteiger partial charge in [-0.25, -0.2) is 13.9 Å². The summed E-state index contributed by atoms with van der Waals surface area (Å²) in [7, 11) is -2.98. The second kappa shape index (κ2) is 12.4. The number of aliphatic carboxylic acids is 1. The molecule has 12 heteroatoms. The highest BCUT2D eigenvalue weighted by Gasteiger charge is 2.53. The van der Waals surface area contributed by atoms with Crippen molar-refractivity contribution >= 4 is 27.6 Å². The summed E-state index contributed by atoms with van der Waals surface area (Å²) in [6.45, 7) is -0.178. The lowest BCUT2D eigenvalue weighted by atomic mass is 9.92. The number of benzene rings is 2. The number of hydroxylamine groups is 1. The Bertz CT molecular complexity index is 1240. The Hall–Kier alpha value is -3.48. The van der Waals surface area contributed by atoms with Gasteiger partial charge in [0.25, 0.3) is 0 Å². The van der Waals surface area contributed by atoms with Crippen molar-refractivity contribution < 1.29 is 37.9 Å². The van der Waals surface area contributed by atoms with Crippen LogP contribution in [0, 0.1) is 11.8 Å². The van der Waals surface area contributed by atoms with Crippen LogP contribution < -0.4 is 16.0 Å². The van der Waals surface area contributed by atoms with Crippen LogP contribution in [0.4, 0.5) is 0 Å². The van der Waals surface area contributed by atoms with E-state index in [-0.39, 0.29) is 30.7 Å². The van der Waals surface area contributed by atoms with Crippen molar-refractivity contribution in [3.05, 3.63) is 60.2 Å². The molecular formula is C26H33N3O8S. The van der Waals surface area contributed by atoms with E-state index in [1.165, 1.54) is 31.4 Å². The SMILES string of the molecule is COc1ccc(S(=O)(=O)C2(N)CC(C(=O)O)CCN2C(=O)CCC(CCc2ccccc2)C(=O)NO)cc1. The van der Waals surface area contributed by atoms with Crippen molar-refractivity contribution in [3.8, 4) is 5.75 Å². The zero-order valence-electron chi connectivity index (χ0n) is 21.1. The number of aryl methyl sites for hydroxylation is 1. The van der Waals surface area contributed by atoms with Crippen molar-refractivity contribution in [1.82, 2.24) is 10.4 Å². The molecule has 0 spiro atoms. The first-order valence-electron chi connectivity index (χ1n) is 12.2. The molecule has 0 radical (unpaired) electrons. The number of hydrogen-bond acceptors (Lipinski definition) is 8. The molecule has 1 heterocycles. The summed E-state index contributed by atoms with van der Waals surface area (Å²) in [6.07, 6.45) is 0.244. The van der Waals surface area contributed by atoms with Gasteiger partial charge in [0, 0.05) is 25.3 Å². The normalized spacial score (nSPS) is 20.4. The maximum Gasteiger partial charge on any atom is 0.306 e. The third-order valence-electron chi connectivity index (χ3n) is 6.99. The first kappa shape index (κ1) is 29.1. The monoisotopic (exact) mass is 547 g/mol. The zero-order chi connectivity index (χ0) is 27.9. The van der Waals surface area contributed by atoms with Crippen molar-refractivity contribution in [1.29, 1.82) is 0 Å². The lowest BCUT2D eigenvalue weighted by Crippen LogP contribution is -2.67. The summed E-state index contributed by atoms with van der Waals surface area (Å²) in [5.74, 6) is -3.83. The average molecular weight is 548 g/mol. The fraction of sp³-hybridized carbons (Fsp3) is 0.423. The largest absolute Gasteiger partial charge is 0.497 e. The zero-order valence-corrected chi connectivity index (χ0v) is 21.9. The summed E-state index contributed by atoms with van der Waals surface area (Å²) in [4.78, 5) is 35.9. The van der Waals surface area contributed by atoms with Crippen LogP contribution in [0.3, 0.4) is 0 Å². The number of nitrogens with zero attached hydrogens (tertiary/aromatic N) is 1. The van der Waals surface area contributed by atoms with Crippen LogP contribution in [0.5, 0.6) is 5.75 Å². The van der Waals surface area contributed by atoms with Gasteiger partial charge in [-0.15, -0.1) is 0 Å². The molecule has 206 valence electrons. The number of rotatable bonds is 11. The van der Waals surface area contributed by atoms with E-state index in [4.69, 9.17) is 10.5 Å². The van der Waals surface area contributed by atoms with Crippen LogP contribution in [0.15, 0.2) is 59.5 Å². The number of nitrogens with two attached hydrogens (primary N) is 1. The van der Waals surface area contributed by atoms with E-state index >= 15 is 0 Å². The highest BCUT2D eigenvalue weighted by Crippen LogP contribution is 2.37. The van der Waals surface area contributed by atoms with Crippen molar-refractivity contribution in [2.75, 3.05) is 13.7 Å². The Morgan fingerprint density at radius 2 is 1.79 bits per heavy atom. The first-order valence-corrected chi connectivity index (χ1v) is 13.7. The van der Waals surface area contributed by atoms with Crippen LogP contribution in [0.2, 0.25) is 0 Å². The molecule has 3 atom stereocenters. The summed E-state index contributed by atoms with van der Waals surface area (Å²) in [6, 6.07) is 14.9. The third kappa shape index (κ3) is 6.32. The van der Waals surface area contributed by atoms with Crippen molar-refractivity contribution in [3.63, 3.8) is 0 Å². The molecule has 0 aromatic heterocycles. The molecule has 1 fully saturated rings. The van der Waals surface area contributed by atoms with E-state index in [1.54, 1.807) is 5.48 Å². The average Bonchev–Trinajstić information content (AvgIpc) is 2.92. The molecule has 5 N–H and O–H groups in total. The van der Waals surface area contributed by atoms with Gasteiger partial charge in [-0.3, -0.25) is 25.3 Å². The fourth-order valence-corrected chi connectivity index (χ4v) is 6.52. The number of carboxylic acids is 1. The summed E-state index contributed by atoms with van der Waals surface area (Å²) in [5.41, 5.74) is 9.06. The van der Waals surface area contributed by atoms with Crippen LogP contribution >= 0.6 is 0 Å². The number of carboxylic acid groups (broad SMARTS) is 1. The number of hydrogen-bond donors (Lipinski definition) is 4. The van der Waals surface area contributed by atoms with Gasteiger partial charge in [0.1, 0.15) is 5.75 Å². The third-order valence-corrected chi connectivity index (χ3v) is 9.20. The Balaban J connectivity index is 1.82. The maximum atomic E-state index is 13.7. The molecule has 1 saturated heterocycles. The van der Waals surface area contributed by atoms with Gasteiger partial charge >= 0.3 is 5.97 Å². The predicted octanol–water partition coefficient (Wildman–Crippen LogP) is 1.94. The summed E-state index contributed by atoms with van der Waals surface area (Å²) < 4.78 is 32.5. The standard InChI is InChI=1S/C26H33N3O8S/c1-37-21-10-12-22(13-11-21)38(35,36)26(27)17-20(25(32)33)15-16-29(26)23(30)14-9-19(24(31)28-34)8-7-18-5-3-2-4-6-18/h2-6,10-13,19-20,34H,7-9,14-17,27H2,1H3,(H,28,31)(H,32,33). The molecule has 2 aromatic rings. The molecule has 11 nitrogen and oxygen atoms in total. The van der Waals surface area contributed by atoms with Crippen molar-refractivity contribution in [2.24, 2.45) is 17.6 Å². The number of amides is 2. The number of likely N-dealkylation sites (tertiary alicyclic amines) is 1. The molecule has 0 bridgehead atoms. The van der Waals surface area contributed by atoms with E-state index < -0.39 is 50.9 Å². The molecule has 2 aromatic carbocycles. The quantitative estimate of drug-likeness (QED) is 0.242. The minimum absolute atomic E-state index is 0.0344. The van der Waals surface area contributed by atoms with E-state index in [0.29, 0.717) is 18.6 Å². The van der Waals surface area contributed by atoms with Gasteiger partial charge in [0.2, 0.25) is 26.6 Å². The van der Waals surface area contributed by atoms with Gasteiger partial charge in [-0.2, -0.15) is 0 Å². The van der Waals surface area contributed by atoms with Crippen LogP contribution in [-0.2, 0) is 30.6 Å². The Morgan fingerprint density at radius 1 is 1.13 bits per heavy atom. The number of carbonyl (C=O) groups is 3. The van der Waals surface area contributed by atoms with Gasteiger partial charge in [-0.1, -0.05) is 30.3 Å². The molecule has 0 saturated carbocycles. The molecule has 1 aliphatic rings. The Labute approximate surface area is 221 Å². The first-order chi connectivity index (χ1) is 18.0. The fourth-order valence-electron chi connectivity index (χ4n) is 4.72. The van der Waals surface area contributed by atoms with E-state index in [2.05, 4.69) is 0 Å². The Morgan fingerprint density at radius 3 is 2.37 bits per heavy atom. The minimum atomic E-state index is -4.41. The van der Waals surface area contributed by atoms with Gasteiger partial charge in [0.05, 0.1) is 17.9 Å². The number of piperidine rings is 1. The molecular weight excluding hydrogens is 514 g/mol. The number of methoxy groups -OCH3 is 1. The van der Waals surface area contributed by atoms with Crippen LogP contribution in [-0.4, -0.2) is 60.1 Å². The number of sulfone groups is 1. The lowest BCUT2D eigenvalue weighted by molar-refractivity contribution is -0.149. The van der Waals surface area contributed by atoms with Gasteiger partial charge in [-0.05, 0) is 55.5 Å². The highest BCUT2D eigenvalue weighted by atomic mass is 32.2. The molecule has 3 rings (SSSR count). The number of nitrogens with one attached hydrogen (secondary N) is 1. The molecule has 0 aliphatic carbocycles. The highest BCUT2D eigenvalue weighted by molar-refractivity contribution is 7.92. The summed E-state index contributed by atoms with van der Waals surface area (Å²) >= 11 is 0. The van der Waals surface area contributed by atoms with E-state index in [0.717, 1.165) is 10.5 Å². The topological polar surface area (TPSA) is 176 Å². The summed E-state index contributed by atoms with van der Waals surface area (Å²) in [5, 5.41) is 18.8. The lowest BCUT2D eigenvalue weighted by Gasteiger charge is -2.45. The second-order valence-electron chi connectivity index (χ2n) is 9.33. The Kier molecular flexibility index (Phi) is 9.47. The van der Waals surface area contributed by atoms with E-state index in [1.807, 2.05) is 30.3 Å². The van der Waals surface area contributed by atoms with Crippen molar-refractivity contribution in [2.45, 2.75) is 48.4 Å². The van der Waals surface area contributed by atoms with Gasteiger partial charge < -0.3 is 14.7 Å². The molecule has 3 unspecified atom stereocenters. The minimum Gasteiger partial charge on any atom is -0.497 e. The second-order valence-corrected chi connectivity index (χ2v) is 11.5. The van der Waals surface area contributed by atoms with E-state index in [9.17, 15) is 33.1 Å². The van der Waals surface area contributed by atoms with Gasteiger partial charge in [0.15, 0.2) is 0 Å². The van der Waals surface area contributed by atoms with Crippen LogP contribution in [0.25, 0.3) is 0 Å². The maximum absolute atomic E-state index is 13.7. The number of ether oxygens (including phenoxy) is 1.